The number of rotatable bonds is 9. The predicted octanol–water partition coefficient (Wildman–Crippen LogP) is 4.91. The molecule has 1 aromatic heterocycles. The molecular weight excluding hydrogens is 557 g/mol. The van der Waals surface area contributed by atoms with Gasteiger partial charge >= 0.3 is 6.09 Å². The van der Waals surface area contributed by atoms with Crippen LogP contribution in [-0.2, 0) is 16.7 Å². The zero-order valence-electron chi connectivity index (χ0n) is 25.7. The quantitative estimate of drug-likeness (QED) is 0.373. The number of halogens is 1. The van der Waals surface area contributed by atoms with Crippen molar-refractivity contribution >= 4 is 11.8 Å². The summed E-state index contributed by atoms with van der Waals surface area (Å²) in [7, 11) is 1.59. The minimum Gasteiger partial charge on any atom is -0.446 e. The van der Waals surface area contributed by atoms with Gasteiger partial charge in [0, 0.05) is 56.2 Å². The van der Waals surface area contributed by atoms with Crippen molar-refractivity contribution in [1.82, 2.24) is 25.0 Å². The fourth-order valence-electron chi connectivity index (χ4n) is 8.11. The van der Waals surface area contributed by atoms with E-state index >= 15 is 0 Å². The van der Waals surface area contributed by atoms with Crippen molar-refractivity contribution in [3.63, 3.8) is 0 Å². The van der Waals surface area contributed by atoms with E-state index in [1.165, 1.54) is 11.8 Å². The summed E-state index contributed by atoms with van der Waals surface area (Å²) in [5, 5.41) is 20.2. The Morgan fingerprint density at radius 1 is 1.14 bits per heavy atom. The van der Waals surface area contributed by atoms with Crippen LogP contribution in [-0.4, -0.2) is 71.6 Å². The van der Waals surface area contributed by atoms with Crippen molar-refractivity contribution in [2.45, 2.75) is 57.1 Å². The Labute approximate surface area is 259 Å². The standard InChI is InChI=1S/C34H42FN7O2/c1-24-39-38-23-42(24)22-34(28-5-3-6-29(35)17-28,31-7-4-8-32(31)44-33(43)37-2)27-13-15-40(16-14-27)19-26-20-41(21-26)30-11-9-25(18-36)10-12-30/h3,5-6,9-12,17,23,26-27,31-32H,4,7-8,13-16,19-22H2,1-2H3,(H,37,43). The van der Waals surface area contributed by atoms with Gasteiger partial charge in [-0.15, -0.1) is 10.2 Å². The van der Waals surface area contributed by atoms with Gasteiger partial charge in [-0.05, 0) is 100.0 Å². The van der Waals surface area contributed by atoms with Gasteiger partial charge in [0.15, 0.2) is 0 Å². The zero-order chi connectivity index (χ0) is 30.7. The van der Waals surface area contributed by atoms with E-state index in [1.807, 2.05) is 37.3 Å². The maximum absolute atomic E-state index is 15.0. The zero-order valence-corrected chi connectivity index (χ0v) is 25.7. The number of nitriles is 1. The summed E-state index contributed by atoms with van der Waals surface area (Å²) in [5.41, 5.74) is 2.37. The lowest BCUT2D eigenvalue weighted by Gasteiger charge is -2.51. The van der Waals surface area contributed by atoms with Gasteiger partial charge < -0.3 is 24.4 Å². The first kappa shape index (κ1) is 30.1. The highest BCUT2D eigenvalue weighted by Crippen LogP contribution is 2.52. The second kappa shape index (κ2) is 12.9. The molecule has 0 bridgehead atoms. The smallest absolute Gasteiger partial charge is 0.407 e. The summed E-state index contributed by atoms with van der Waals surface area (Å²) in [4.78, 5) is 17.4. The van der Waals surface area contributed by atoms with Gasteiger partial charge in [0.2, 0.25) is 0 Å². The molecule has 2 saturated heterocycles. The normalized spacial score (nSPS) is 22.6. The number of ether oxygens (including phenoxy) is 1. The molecule has 232 valence electrons. The van der Waals surface area contributed by atoms with Crippen molar-refractivity contribution in [2.75, 3.05) is 44.7 Å². The average molecular weight is 600 g/mol. The lowest BCUT2D eigenvalue weighted by atomic mass is 9.58. The molecule has 0 radical (unpaired) electrons. The topological polar surface area (TPSA) is 99.3 Å². The van der Waals surface area contributed by atoms with Crippen molar-refractivity contribution < 1.29 is 13.9 Å². The van der Waals surface area contributed by atoms with E-state index in [4.69, 9.17) is 10.00 Å². The van der Waals surface area contributed by atoms with Gasteiger partial charge in [-0.1, -0.05) is 12.1 Å². The van der Waals surface area contributed by atoms with Crippen LogP contribution in [0.25, 0.3) is 0 Å². The van der Waals surface area contributed by atoms with Crippen molar-refractivity contribution in [3.05, 3.63) is 77.6 Å². The second-order valence-corrected chi connectivity index (χ2v) is 12.8. The third-order valence-corrected chi connectivity index (χ3v) is 10.3. The molecule has 10 heteroatoms. The van der Waals surface area contributed by atoms with Crippen LogP contribution in [0, 0.1) is 41.8 Å². The van der Waals surface area contributed by atoms with Crippen LogP contribution in [0.4, 0.5) is 14.9 Å². The highest BCUT2D eigenvalue weighted by atomic mass is 19.1. The van der Waals surface area contributed by atoms with Gasteiger partial charge in [0.05, 0.1) is 11.6 Å². The number of aryl methyl sites for hydroxylation is 1. The Balaban J connectivity index is 1.22. The number of anilines is 1. The molecule has 1 aliphatic carbocycles. The molecule has 3 heterocycles. The number of nitrogens with zero attached hydrogens (tertiary/aromatic N) is 6. The Morgan fingerprint density at radius 2 is 1.91 bits per heavy atom. The van der Waals surface area contributed by atoms with E-state index in [0.717, 1.165) is 76.2 Å². The first-order valence-corrected chi connectivity index (χ1v) is 15.9. The second-order valence-electron chi connectivity index (χ2n) is 12.8. The van der Waals surface area contributed by atoms with Gasteiger partial charge in [-0.3, -0.25) is 0 Å². The monoisotopic (exact) mass is 599 g/mol. The number of carbonyl (C=O) groups is 1. The minimum absolute atomic E-state index is 0.0348. The molecule has 3 aromatic rings. The van der Waals surface area contributed by atoms with E-state index < -0.39 is 11.5 Å². The molecule has 3 unspecified atom stereocenters. The van der Waals surface area contributed by atoms with Crippen LogP contribution >= 0.6 is 0 Å². The molecule has 3 atom stereocenters. The number of benzene rings is 2. The van der Waals surface area contributed by atoms with Crippen LogP contribution in [0.3, 0.4) is 0 Å². The van der Waals surface area contributed by atoms with Gasteiger partial charge in [-0.2, -0.15) is 5.26 Å². The molecule has 44 heavy (non-hydrogen) atoms. The van der Waals surface area contributed by atoms with Crippen molar-refractivity contribution in [2.24, 2.45) is 17.8 Å². The summed E-state index contributed by atoms with van der Waals surface area (Å²) in [6, 6.07) is 17.1. The molecular formula is C34H42FN7O2. The van der Waals surface area contributed by atoms with Gasteiger partial charge in [-0.25, -0.2) is 9.18 Å². The average Bonchev–Trinajstić information content (AvgIpc) is 3.66. The molecule has 1 saturated carbocycles. The van der Waals surface area contributed by atoms with Gasteiger partial charge in [0.1, 0.15) is 24.1 Å². The maximum atomic E-state index is 15.0. The molecule has 1 amide bonds. The highest BCUT2D eigenvalue weighted by Gasteiger charge is 2.53. The number of amides is 1. The molecule has 3 fully saturated rings. The van der Waals surface area contributed by atoms with Crippen LogP contribution in [0.1, 0.15) is 49.1 Å². The number of carbonyl (C=O) groups excluding carboxylic acids is 1. The number of aromatic nitrogens is 3. The number of nitrogens with one attached hydrogen (secondary N) is 1. The lowest BCUT2D eigenvalue weighted by Crippen LogP contribution is -2.55. The number of piperidine rings is 1. The Kier molecular flexibility index (Phi) is 8.85. The third-order valence-electron chi connectivity index (χ3n) is 10.3. The summed E-state index contributed by atoms with van der Waals surface area (Å²) in [6.45, 7) is 7.62. The molecule has 1 N–H and O–H groups in total. The van der Waals surface area contributed by atoms with Crippen LogP contribution in [0.2, 0.25) is 0 Å². The van der Waals surface area contributed by atoms with Crippen molar-refractivity contribution in [1.29, 1.82) is 5.26 Å². The number of likely N-dealkylation sites (tertiary alicyclic amines) is 1. The summed E-state index contributed by atoms with van der Waals surface area (Å²) in [5.74, 6) is 1.48. The maximum Gasteiger partial charge on any atom is 0.407 e. The number of hydrogen-bond acceptors (Lipinski definition) is 7. The number of hydrogen-bond donors (Lipinski definition) is 1. The van der Waals surface area contributed by atoms with Crippen molar-refractivity contribution in [3.8, 4) is 6.07 Å². The lowest BCUT2D eigenvalue weighted by molar-refractivity contribution is 0.00164. The van der Waals surface area contributed by atoms with E-state index in [1.54, 1.807) is 19.4 Å². The van der Waals surface area contributed by atoms with Gasteiger partial charge in [0.25, 0.3) is 0 Å². The molecule has 6 rings (SSSR count). The predicted molar refractivity (Wildman–Crippen MR) is 166 cm³/mol. The Hall–Kier alpha value is -3.97. The fraction of sp³-hybridized carbons (Fsp3) is 0.529. The third kappa shape index (κ3) is 6.03. The van der Waals surface area contributed by atoms with Crippen LogP contribution < -0.4 is 10.2 Å². The fourth-order valence-corrected chi connectivity index (χ4v) is 8.11. The number of alkyl carbamates (subject to hydrolysis) is 1. The molecule has 2 aromatic carbocycles. The first-order valence-electron chi connectivity index (χ1n) is 15.9. The SMILES string of the molecule is CNC(=O)OC1CCCC1C(Cn1cnnc1C)(c1cccc(F)c1)C1CCN(CC2CN(c3ccc(C#N)cc3)C2)CC1. The summed E-state index contributed by atoms with van der Waals surface area (Å²) in [6.07, 6.45) is 5.73. The minimum atomic E-state index is -0.459. The first-order chi connectivity index (χ1) is 21.4. The van der Waals surface area contributed by atoms with Crippen LogP contribution in [0.15, 0.2) is 54.9 Å². The largest absolute Gasteiger partial charge is 0.446 e. The van der Waals surface area contributed by atoms with E-state index in [2.05, 4.69) is 42.0 Å². The Bertz CT molecular complexity index is 1470. The Morgan fingerprint density at radius 3 is 2.57 bits per heavy atom. The molecule has 3 aliphatic rings. The van der Waals surface area contributed by atoms with E-state index in [0.29, 0.717) is 18.0 Å². The van der Waals surface area contributed by atoms with Crippen LogP contribution in [0.5, 0.6) is 0 Å². The summed E-state index contributed by atoms with van der Waals surface area (Å²) >= 11 is 0. The molecule has 2 aliphatic heterocycles. The van der Waals surface area contributed by atoms with E-state index in [-0.39, 0.29) is 23.8 Å². The molecule has 0 spiro atoms. The highest BCUT2D eigenvalue weighted by molar-refractivity contribution is 5.67. The molecule has 9 nitrogen and oxygen atoms in total. The summed E-state index contributed by atoms with van der Waals surface area (Å²) < 4.78 is 23.1. The van der Waals surface area contributed by atoms with E-state index in [9.17, 15) is 9.18 Å².